The summed E-state index contributed by atoms with van der Waals surface area (Å²) in [5.41, 5.74) is 0. The van der Waals surface area contributed by atoms with Crippen LogP contribution in [-0.2, 0) is 4.79 Å². The van der Waals surface area contributed by atoms with Crippen LogP contribution >= 0.6 is 11.8 Å². The molecule has 0 unspecified atom stereocenters. The minimum absolute atomic E-state index is 0. The molecule has 0 aromatic heterocycles. The van der Waals surface area contributed by atoms with Crippen LogP contribution in [0.4, 0.5) is 0 Å². The van der Waals surface area contributed by atoms with Gasteiger partial charge in [0.25, 0.3) is 0 Å². The molecule has 0 aliphatic carbocycles. The number of hydrogen-bond donors (Lipinski definition) is 1. The van der Waals surface area contributed by atoms with E-state index in [-0.39, 0.29) is 29.6 Å². The van der Waals surface area contributed by atoms with Gasteiger partial charge in [0.15, 0.2) is 0 Å². The van der Waals surface area contributed by atoms with E-state index >= 15 is 0 Å². The summed E-state index contributed by atoms with van der Waals surface area (Å²) < 4.78 is 0. The molecule has 0 fully saturated rings. The molecule has 0 saturated heterocycles. The third-order valence-electron chi connectivity index (χ3n) is 0.517. The molecular formula is C3H5ClNNaO2. The van der Waals surface area contributed by atoms with Crippen LogP contribution in [-0.4, -0.2) is 12.0 Å². The van der Waals surface area contributed by atoms with Gasteiger partial charge < -0.3 is 9.90 Å². The molecule has 0 heterocycles. The number of halogens is 1. The zero-order valence-corrected chi connectivity index (χ0v) is 7.53. The molecule has 0 amide bonds. The van der Waals surface area contributed by atoms with E-state index in [9.17, 15) is 9.90 Å². The Morgan fingerprint density at radius 1 is 1.88 bits per heavy atom. The first-order valence-corrected chi connectivity index (χ1v) is 2.13. The van der Waals surface area contributed by atoms with Crippen molar-refractivity contribution in [1.82, 2.24) is 4.84 Å². The van der Waals surface area contributed by atoms with Crippen LogP contribution in [0.5, 0.6) is 0 Å². The maximum absolute atomic E-state index is 9.67. The molecule has 0 aromatic carbocycles. The predicted octanol–water partition coefficient (Wildman–Crippen LogP) is -4.13. The number of carboxylic acids is 1. The standard InChI is InChI=1S/C3H6ClNO2.Na/c1-2(5-4)3(6)7;/h2,5H,1H3,(H,6,7);/q;+1/p-1/t2-;/m0./s1. The summed E-state index contributed by atoms with van der Waals surface area (Å²) in [6.07, 6.45) is 0. The van der Waals surface area contributed by atoms with Crippen LogP contribution < -0.4 is 39.5 Å². The Labute approximate surface area is 74.8 Å². The molecule has 0 rings (SSSR count). The molecule has 42 valence electrons. The van der Waals surface area contributed by atoms with Gasteiger partial charge in [-0.2, -0.15) is 0 Å². The monoisotopic (exact) mass is 145 g/mol. The van der Waals surface area contributed by atoms with Crippen LogP contribution in [0.2, 0.25) is 0 Å². The second kappa shape index (κ2) is 5.85. The first kappa shape index (κ1) is 11.5. The Hall–Kier alpha value is 0.720. The minimum atomic E-state index is -1.20. The van der Waals surface area contributed by atoms with Gasteiger partial charge in [0.2, 0.25) is 0 Å². The van der Waals surface area contributed by atoms with Crippen LogP contribution in [0.3, 0.4) is 0 Å². The summed E-state index contributed by atoms with van der Waals surface area (Å²) in [6.45, 7) is 1.39. The van der Waals surface area contributed by atoms with Gasteiger partial charge in [-0.05, 0) is 18.7 Å². The van der Waals surface area contributed by atoms with E-state index in [2.05, 4.69) is 0 Å². The predicted molar refractivity (Wildman–Crippen MR) is 23.5 cm³/mol. The normalized spacial score (nSPS) is 11.8. The average Bonchev–Trinajstić information content (AvgIpc) is 1.65. The number of carbonyl (C=O) groups is 1. The van der Waals surface area contributed by atoms with Crippen molar-refractivity contribution in [1.29, 1.82) is 0 Å². The third-order valence-corrected chi connectivity index (χ3v) is 0.845. The van der Waals surface area contributed by atoms with E-state index in [1.165, 1.54) is 6.92 Å². The summed E-state index contributed by atoms with van der Waals surface area (Å²) in [5.74, 6) is -1.20. The van der Waals surface area contributed by atoms with Gasteiger partial charge in [0, 0.05) is 0 Å². The van der Waals surface area contributed by atoms with Gasteiger partial charge in [-0.1, -0.05) is 0 Å². The average molecular weight is 146 g/mol. The maximum Gasteiger partial charge on any atom is 1.00 e. The Kier molecular flexibility index (Phi) is 8.41. The van der Waals surface area contributed by atoms with Crippen molar-refractivity contribution < 1.29 is 39.5 Å². The second-order valence-electron chi connectivity index (χ2n) is 1.15. The molecule has 0 aliphatic rings. The molecule has 1 atom stereocenters. The summed E-state index contributed by atoms with van der Waals surface area (Å²) in [7, 11) is 0. The van der Waals surface area contributed by atoms with Gasteiger partial charge in [0.1, 0.15) is 0 Å². The van der Waals surface area contributed by atoms with E-state index in [0.29, 0.717) is 0 Å². The van der Waals surface area contributed by atoms with Crippen molar-refractivity contribution in [2.45, 2.75) is 13.0 Å². The van der Waals surface area contributed by atoms with Crippen LogP contribution in [0.15, 0.2) is 0 Å². The number of carbonyl (C=O) groups excluding carboxylic acids is 1. The first-order valence-electron chi connectivity index (χ1n) is 1.75. The van der Waals surface area contributed by atoms with Gasteiger partial charge in [-0.15, -0.1) is 0 Å². The molecule has 0 bridgehead atoms. The molecule has 0 spiro atoms. The molecule has 3 nitrogen and oxygen atoms in total. The zero-order valence-electron chi connectivity index (χ0n) is 4.77. The number of aliphatic carboxylic acids is 1. The topological polar surface area (TPSA) is 52.2 Å². The molecule has 0 aliphatic heterocycles. The molecule has 8 heavy (non-hydrogen) atoms. The van der Waals surface area contributed by atoms with Crippen molar-refractivity contribution in [3.63, 3.8) is 0 Å². The van der Waals surface area contributed by atoms with Crippen LogP contribution in [0.25, 0.3) is 0 Å². The van der Waals surface area contributed by atoms with E-state index in [0.717, 1.165) is 0 Å². The van der Waals surface area contributed by atoms with Crippen LogP contribution in [0.1, 0.15) is 6.92 Å². The Bertz CT molecular complexity index is 79.7. The van der Waals surface area contributed by atoms with Crippen molar-refractivity contribution in [2.75, 3.05) is 0 Å². The third kappa shape index (κ3) is 4.87. The molecule has 5 heteroatoms. The fourth-order valence-corrected chi connectivity index (χ4v) is 0.134. The zero-order chi connectivity index (χ0) is 5.86. The smallest absolute Gasteiger partial charge is 0.548 e. The Morgan fingerprint density at radius 2 is 2.25 bits per heavy atom. The van der Waals surface area contributed by atoms with Crippen molar-refractivity contribution in [3.8, 4) is 0 Å². The largest absolute Gasteiger partial charge is 1.00 e. The molecule has 1 N–H and O–H groups in total. The Balaban J connectivity index is 0. The summed E-state index contributed by atoms with van der Waals surface area (Å²) in [4.78, 5) is 11.6. The quantitative estimate of drug-likeness (QED) is 0.317. The second-order valence-corrected chi connectivity index (χ2v) is 1.37. The van der Waals surface area contributed by atoms with Crippen molar-refractivity contribution in [2.24, 2.45) is 0 Å². The minimum Gasteiger partial charge on any atom is -0.548 e. The molecule has 0 radical (unpaired) electrons. The number of nitrogens with one attached hydrogen (secondary N) is 1. The fourth-order valence-electron chi connectivity index (χ4n) is 0.0445. The summed E-state index contributed by atoms with van der Waals surface area (Å²) in [6, 6.07) is -0.776. The number of rotatable bonds is 2. The van der Waals surface area contributed by atoms with E-state index in [4.69, 9.17) is 11.8 Å². The first-order chi connectivity index (χ1) is 3.18. The number of hydrogen-bond acceptors (Lipinski definition) is 3. The Morgan fingerprint density at radius 3 is 2.25 bits per heavy atom. The molecular weight excluding hydrogens is 140 g/mol. The van der Waals surface area contributed by atoms with Crippen LogP contribution in [0, 0.1) is 0 Å². The number of carboxylic acid groups (broad SMARTS) is 1. The van der Waals surface area contributed by atoms with Gasteiger partial charge in [-0.25, -0.2) is 4.84 Å². The SMILES string of the molecule is C[C@H](NCl)C(=O)[O-].[Na+]. The van der Waals surface area contributed by atoms with Gasteiger partial charge in [-0.3, -0.25) is 0 Å². The van der Waals surface area contributed by atoms with E-state index in [1.807, 2.05) is 4.84 Å². The van der Waals surface area contributed by atoms with E-state index in [1.54, 1.807) is 0 Å². The summed E-state index contributed by atoms with van der Waals surface area (Å²) in [5, 5.41) is 9.67. The van der Waals surface area contributed by atoms with Crippen molar-refractivity contribution in [3.05, 3.63) is 0 Å². The fraction of sp³-hybridized carbons (Fsp3) is 0.667. The maximum atomic E-state index is 9.67. The summed E-state index contributed by atoms with van der Waals surface area (Å²) >= 11 is 4.88. The van der Waals surface area contributed by atoms with Crippen molar-refractivity contribution >= 4 is 17.7 Å². The van der Waals surface area contributed by atoms with Gasteiger partial charge in [0.05, 0.1) is 12.0 Å². The molecule has 0 saturated carbocycles. The van der Waals surface area contributed by atoms with Gasteiger partial charge >= 0.3 is 29.6 Å². The van der Waals surface area contributed by atoms with E-state index < -0.39 is 12.0 Å². The molecule has 0 aromatic rings.